The lowest BCUT2D eigenvalue weighted by Crippen LogP contribution is -2.49. The Morgan fingerprint density at radius 1 is 1.23 bits per heavy atom. The number of nitrogens with one attached hydrogen (secondary N) is 2. The number of hydrazone groups is 1. The largest absolute Gasteiger partial charge is 0.484 e. The molecule has 0 radical (unpaired) electrons. The van der Waals surface area contributed by atoms with Crippen LogP contribution in [0.2, 0.25) is 0 Å². The number of ether oxygens (including phenoxy) is 1. The number of amides is 2. The summed E-state index contributed by atoms with van der Waals surface area (Å²) in [7, 11) is 0. The van der Waals surface area contributed by atoms with E-state index in [-0.39, 0.29) is 24.3 Å². The van der Waals surface area contributed by atoms with E-state index < -0.39 is 6.04 Å². The average molecular weight is 373 g/mol. The van der Waals surface area contributed by atoms with Crippen molar-refractivity contribution < 1.29 is 14.3 Å². The lowest BCUT2D eigenvalue weighted by atomic mass is 10.0. The Balaban J connectivity index is 1.87. The van der Waals surface area contributed by atoms with Crippen molar-refractivity contribution in [3.63, 3.8) is 0 Å². The van der Waals surface area contributed by atoms with Crippen molar-refractivity contribution in [1.82, 2.24) is 10.7 Å². The van der Waals surface area contributed by atoms with Crippen molar-refractivity contribution in [3.8, 4) is 5.75 Å². The summed E-state index contributed by atoms with van der Waals surface area (Å²) in [4.78, 5) is 25.4. The number of hydrogen-bond donors (Lipinski definition) is 2. The molecule has 0 bridgehead atoms. The molecule has 0 aliphatic heterocycles. The number of carbonyl (C=O) groups excluding carboxylic acids is 2. The van der Waals surface area contributed by atoms with Gasteiger partial charge in [-0.05, 0) is 35.9 Å². The second-order valence-corrected chi connectivity index (χ2v) is 7.07. The molecule has 1 aromatic heterocycles. The SMILES string of the molecule is Cc1ccccc1OCC(=O)N[C@H](C(=O)N/N=C\c1cccs1)C(C)C. The minimum absolute atomic E-state index is 0.0886. The maximum absolute atomic E-state index is 12.3. The highest BCUT2D eigenvalue weighted by molar-refractivity contribution is 7.11. The zero-order valence-corrected chi connectivity index (χ0v) is 15.9. The van der Waals surface area contributed by atoms with Crippen molar-refractivity contribution in [2.75, 3.05) is 6.61 Å². The van der Waals surface area contributed by atoms with E-state index in [0.29, 0.717) is 5.75 Å². The molecule has 1 heterocycles. The number of benzene rings is 1. The fourth-order valence-corrected chi connectivity index (χ4v) is 2.79. The van der Waals surface area contributed by atoms with Crippen molar-refractivity contribution in [3.05, 3.63) is 52.2 Å². The van der Waals surface area contributed by atoms with Gasteiger partial charge in [-0.15, -0.1) is 11.3 Å². The molecule has 6 nitrogen and oxygen atoms in total. The number of hydrogen-bond acceptors (Lipinski definition) is 5. The molecule has 2 N–H and O–H groups in total. The van der Waals surface area contributed by atoms with Crippen LogP contribution in [-0.2, 0) is 9.59 Å². The van der Waals surface area contributed by atoms with E-state index in [2.05, 4.69) is 15.8 Å². The summed E-state index contributed by atoms with van der Waals surface area (Å²) in [5.74, 6) is -0.163. The first kappa shape index (κ1) is 19.7. The second-order valence-electron chi connectivity index (χ2n) is 6.09. The van der Waals surface area contributed by atoms with Gasteiger partial charge in [-0.3, -0.25) is 9.59 Å². The molecule has 2 rings (SSSR count). The van der Waals surface area contributed by atoms with Crippen LogP contribution >= 0.6 is 11.3 Å². The van der Waals surface area contributed by atoms with E-state index >= 15 is 0 Å². The monoisotopic (exact) mass is 373 g/mol. The Morgan fingerprint density at radius 3 is 2.65 bits per heavy atom. The lowest BCUT2D eigenvalue weighted by molar-refractivity contribution is -0.131. The van der Waals surface area contributed by atoms with Crippen LogP contribution < -0.4 is 15.5 Å². The Labute approximate surface area is 157 Å². The highest BCUT2D eigenvalue weighted by Crippen LogP contribution is 2.15. The van der Waals surface area contributed by atoms with Gasteiger partial charge in [0, 0.05) is 4.88 Å². The van der Waals surface area contributed by atoms with Crippen molar-refractivity contribution >= 4 is 29.4 Å². The molecular weight excluding hydrogens is 350 g/mol. The first-order valence-electron chi connectivity index (χ1n) is 8.31. The van der Waals surface area contributed by atoms with Crippen molar-refractivity contribution in [1.29, 1.82) is 0 Å². The molecule has 0 saturated carbocycles. The number of thiophene rings is 1. The summed E-state index contributed by atoms with van der Waals surface area (Å²) < 4.78 is 5.52. The summed E-state index contributed by atoms with van der Waals surface area (Å²) in [5.41, 5.74) is 3.42. The molecule has 0 saturated heterocycles. The van der Waals surface area contributed by atoms with E-state index in [0.717, 1.165) is 10.4 Å². The van der Waals surface area contributed by atoms with Crippen LogP contribution in [0.3, 0.4) is 0 Å². The number of carbonyl (C=O) groups is 2. The summed E-state index contributed by atoms with van der Waals surface area (Å²) in [6.07, 6.45) is 1.57. The van der Waals surface area contributed by atoms with Crippen LogP contribution in [0.5, 0.6) is 5.75 Å². The molecule has 1 atom stereocenters. The Bertz CT molecular complexity index is 757. The highest BCUT2D eigenvalue weighted by atomic mass is 32.1. The van der Waals surface area contributed by atoms with Gasteiger partial charge in [0.15, 0.2) is 6.61 Å². The molecule has 26 heavy (non-hydrogen) atoms. The number of aryl methyl sites for hydroxylation is 1. The minimum Gasteiger partial charge on any atom is -0.484 e. The topological polar surface area (TPSA) is 79.8 Å². The third-order valence-corrected chi connectivity index (χ3v) is 4.43. The number of para-hydroxylation sites is 1. The van der Waals surface area contributed by atoms with Crippen LogP contribution in [0.4, 0.5) is 0 Å². The average Bonchev–Trinajstić information content (AvgIpc) is 3.12. The van der Waals surface area contributed by atoms with Crippen molar-refractivity contribution in [2.45, 2.75) is 26.8 Å². The standard InChI is InChI=1S/C19H23N3O3S/c1-13(2)18(19(24)22-20-11-15-8-6-10-26-15)21-17(23)12-25-16-9-5-4-7-14(16)3/h4-11,13,18H,12H2,1-3H3,(H,21,23)(H,22,24)/b20-11-/t18-/m0/s1. The summed E-state index contributed by atoms with van der Waals surface area (Å²) in [6.45, 7) is 5.47. The molecule has 2 aromatic rings. The third kappa shape index (κ3) is 6.00. The van der Waals surface area contributed by atoms with Gasteiger partial charge in [-0.2, -0.15) is 5.10 Å². The van der Waals surface area contributed by atoms with Crippen LogP contribution in [0.1, 0.15) is 24.3 Å². The van der Waals surface area contributed by atoms with Gasteiger partial charge in [-0.1, -0.05) is 38.1 Å². The number of nitrogens with zero attached hydrogens (tertiary/aromatic N) is 1. The fourth-order valence-electron chi connectivity index (χ4n) is 2.21. The van der Waals surface area contributed by atoms with E-state index in [1.54, 1.807) is 12.3 Å². The van der Waals surface area contributed by atoms with Crippen LogP contribution in [0.25, 0.3) is 0 Å². The first-order valence-corrected chi connectivity index (χ1v) is 9.19. The highest BCUT2D eigenvalue weighted by Gasteiger charge is 2.24. The molecule has 138 valence electrons. The van der Waals surface area contributed by atoms with Crippen LogP contribution in [-0.4, -0.2) is 30.7 Å². The van der Waals surface area contributed by atoms with Crippen LogP contribution in [0, 0.1) is 12.8 Å². The fraction of sp³-hybridized carbons (Fsp3) is 0.316. The zero-order chi connectivity index (χ0) is 18.9. The molecule has 0 fully saturated rings. The smallest absolute Gasteiger partial charge is 0.262 e. The number of rotatable bonds is 8. The summed E-state index contributed by atoms with van der Waals surface area (Å²) in [6, 6.07) is 10.6. The maximum Gasteiger partial charge on any atom is 0.262 e. The molecular formula is C19H23N3O3S. The van der Waals surface area contributed by atoms with Gasteiger partial charge in [0.05, 0.1) is 6.21 Å². The van der Waals surface area contributed by atoms with E-state index in [1.807, 2.05) is 56.5 Å². The van der Waals surface area contributed by atoms with E-state index in [1.165, 1.54) is 11.3 Å². The summed E-state index contributed by atoms with van der Waals surface area (Å²) in [5, 5.41) is 8.56. The Morgan fingerprint density at radius 2 is 2.00 bits per heavy atom. The second kappa shape index (κ2) is 9.72. The minimum atomic E-state index is -0.691. The van der Waals surface area contributed by atoms with Gasteiger partial charge in [0.2, 0.25) is 0 Å². The van der Waals surface area contributed by atoms with Gasteiger partial charge in [0.25, 0.3) is 11.8 Å². The molecule has 0 spiro atoms. The van der Waals surface area contributed by atoms with E-state index in [9.17, 15) is 9.59 Å². The molecule has 1 aromatic carbocycles. The Hall–Kier alpha value is -2.67. The predicted molar refractivity (Wildman–Crippen MR) is 103 cm³/mol. The van der Waals surface area contributed by atoms with Gasteiger partial charge >= 0.3 is 0 Å². The van der Waals surface area contributed by atoms with Gasteiger partial charge in [-0.25, -0.2) is 5.43 Å². The first-order chi connectivity index (χ1) is 12.5. The maximum atomic E-state index is 12.3. The molecule has 0 unspecified atom stereocenters. The van der Waals surface area contributed by atoms with E-state index in [4.69, 9.17) is 4.74 Å². The summed E-state index contributed by atoms with van der Waals surface area (Å²) >= 11 is 1.52. The lowest BCUT2D eigenvalue weighted by Gasteiger charge is -2.20. The van der Waals surface area contributed by atoms with Crippen molar-refractivity contribution in [2.24, 2.45) is 11.0 Å². The molecule has 0 aliphatic rings. The van der Waals surface area contributed by atoms with Gasteiger partial charge in [0.1, 0.15) is 11.8 Å². The Kier molecular flexibility index (Phi) is 7.35. The molecule has 2 amide bonds. The molecule has 0 aliphatic carbocycles. The predicted octanol–water partition coefficient (Wildman–Crippen LogP) is 2.73. The van der Waals surface area contributed by atoms with Crippen LogP contribution in [0.15, 0.2) is 46.9 Å². The molecule has 7 heteroatoms. The third-order valence-electron chi connectivity index (χ3n) is 3.63. The normalized spacial score (nSPS) is 12.2. The zero-order valence-electron chi connectivity index (χ0n) is 15.1. The van der Waals surface area contributed by atoms with Gasteiger partial charge < -0.3 is 10.1 Å². The quantitative estimate of drug-likeness (QED) is 0.551.